The smallest absolute Gasteiger partial charge is 0.102 e. The van der Waals surface area contributed by atoms with Gasteiger partial charge in [-0.15, -0.1) is 11.3 Å². The lowest BCUT2D eigenvalue weighted by molar-refractivity contribution is 0.0744. The molecule has 56 valence electrons. The molecule has 0 aromatic carbocycles. The van der Waals surface area contributed by atoms with Gasteiger partial charge in [-0.3, -0.25) is 0 Å². The summed E-state index contributed by atoms with van der Waals surface area (Å²) in [4.78, 5) is 4.15. The summed E-state index contributed by atoms with van der Waals surface area (Å²) in [6, 6.07) is 0. The zero-order valence-corrected chi connectivity index (χ0v) is 7.20. The van der Waals surface area contributed by atoms with E-state index in [1.54, 1.807) is 25.2 Å². The highest BCUT2D eigenvalue weighted by Crippen LogP contribution is 2.20. The third-order valence-corrected chi connectivity index (χ3v) is 2.02. The van der Waals surface area contributed by atoms with E-state index in [9.17, 15) is 5.11 Å². The maximum atomic E-state index is 9.45. The molecule has 0 aliphatic heterocycles. The second kappa shape index (κ2) is 2.32. The Balaban J connectivity index is 2.96. The Morgan fingerprint density at radius 1 is 1.60 bits per heavy atom. The van der Waals surface area contributed by atoms with Crippen LogP contribution in [0.2, 0.25) is 0 Å². The molecule has 2 nitrogen and oxygen atoms in total. The van der Waals surface area contributed by atoms with Crippen LogP contribution in [0.1, 0.15) is 24.5 Å². The van der Waals surface area contributed by atoms with Crippen molar-refractivity contribution in [1.82, 2.24) is 4.98 Å². The van der Waals surface area contributed by atoms with E-state index in [1.165, 1.54) is 0 Å². The Hall–Kier alpha value is -0.410. The maximum Gasteiger partial charge on any atom is 0.102 e. The molecule has 1 N–H and O–H groups in total. The number of thiazole rings is 1. The summed E-state index contributed by atoms with van der Waals surface area (Å²) < 4.78 is 0. The van der Waals surface area contributed by atoms with Gasteiger partial charge >= 0.3 is 0 Å². The van der Waals surface area contributed by atoms with E-state index in [4.69, 9.17) is 0 Å². The summed E-state index contributed by atoms with van der Waals surface area (Å²) >= 11 is 1.56. The molecule has 0 bridgehead atoms. The summed E-state index contributed by atoms with van der Waals surface area (Å²) in [5.74, 6) is 0. The molecular weight excluding hydrogens is 146 g/mol. The number of nitrogens with zero attached hydrogens (tertiary/aromatic N) is 1. The number of aliphatic hydroxyl groups is 1. The minimum absolute atomic E-state index is 0.759. The van der Waals surface area contributed by atoms with E-state index in [0.29, 0.717) is 0 Å². The predicted octanol–water partition coefficient (Wildman–Crippen LogP) is 1.68. The van der Waals surface area contributed by atoms with Crippen LogP contribution in [-0.4, -0.2) is 10.1 Å². The summed E-state index contributed by atoms with van der Waals surface area (Å²) in [6.07, 6.45) is 0. The third-order valence-electron chi connectivity index (χ3n) is 1.25. The molecule has 0 saturated heterocycles. The van der Waals surface area contributed by atoms with Crippen molar-refractivity contribution in [1.29, 1.82) is 0 Å². The van der Waals surface area contributed by atoms with Crippen molar-refractivity contribution in [3.05, 3.63) is 16.1 Å². The standard InChI is InChI=1S/C7H11NOS/c1-5-8-6(4-10-5)7(2,3)9/h4,9H,1-3H3. The highest BCUT2D eigenvalue weighted by Gasteiger charge is 2.18. The Bertz CT molecular complexity index is 224. The quantitative estimate of drug-likeness (QED) is 0.672. The second-order valence-corrected chi connectivity index (χ2v) is 3.87. The lowest BCUT2D eigenvalue weighted by Gasteiger charge is -2.12. The van der Waals surface area contributed by atoms with Gasteiger partial charge in [0.1, 0.15) is 5.60 Å². The molecule has 1 aromatic rings. The first-order chi connectivity index (χ1) is 4.50. The third kappa shape index (κ3) is 1.55. The van der Waals surface area contributed by atoms with Crippen molar-refractivity contribution in [2.24, 2.45) is 0 Å². The van der Waals surface area contributed by atoms with Crippen LogP contribution in [0.15, 0.2) is 5.38 Å². The molecule has 0 aliphatic carbocycles. The van der Waals surface area contributed by atoms with E-state index in [-0.39, 0.29) is 0 Å². The predicted molar refractivity (Wildman–Crippen MR) is 42.1 cm³/mol. The Kier molecular flexibility index (Phi) is 1.79. The molecule has 0 fully saturated rings. The summed E-state index contributed by atoms with van der Waals surface area (Å²) in [7, 11) is 0. The second-order valence-electron chi connectivity index (χ2n) is 2.81. The van der Waals surface area contributed by atoms with Gasteiger partial charge in [0, 0.05) is 5.38 Å². The van der Waals surface area contributed by atoms with Crippen LogP contribution in [0.3, 0.4) is 0 Å². The number of hydrogen-bond acceptors (Lipinski definition) is 3. The van der Waals surface area contributed by atoms with Gasteiger partial charge in [0.05, 0.1) is 10.7 Å². The Morgan fingerprint density at radius 3 is 2.40 bits per heavy atom. The van der Waals surface area contributed by atoms with Gasteiger partial charge in [0.2, 0.25) is 0 Å². The van der Waals surface area contributed by atoms with E-state index in [0.717, 1.165) is 10.7 Å². The molecule has 0 radical (unpaired) electrons. The van der Waals surface area contributed by atoms with Crippen molar-refractivity contribution in [2.75, 3.05) is 0 Å². The molecule has 0 spiro atoms. The van der Waals surface area contributed by atoms with E-state index < -0.39 is 5.60 Å². The van der Waals surface area contributed by atoms with Crippen LogP contribution in [0.25, 0.3) is 0 Å². The molecule has 0 aliphatic rings. The minimum atomic E-state index is -0.787. The zero-order valence-electron chi connectivity index (χ0n) is 6.38. The van der Waals surface area contributed by atoms with Crippen molar-refractivity contribution >= 4 is 11.3 Å². The summed E-state index contributed by atoms with van der Waals surface area (Å²) in [5, 5.41) is 12.3. The molecule has 1 heterocycles. The first-order valence-electron chi connectivity index (χ1n) is 3.15. The van der Waals surface area contributed by atoms with Crippen molar-refractivity contribution in [3.8, 4) is 0 Å². The van der Waals surface area contributed by atoms with Crippen LogP contribution in [0.5, 0.6) is 0 Å². The number of aryl methyl sites for hydroxylation is 1. The van der Waals surface area contributed by atoms with Crippen LogP contribution in [-0.2, 0) is 5.60 Å². The van der Waals surface area contributed by atoms with Crippen LogP contribution in [0.4, 0.5) is 0 Å². The van der Waals surface area contributed by atoms with Crippen molar-refractivity contribution < 1.29 is 5.11 Å². The average Bonchev–Trinajstić information content (AvgIpc) is 2.11. The summed E-state index contributed by atoms with van der Waals surface area (Å²) in [5.41, 5.74) is -0.0277. The van der Waals surface area contributed by atoms with Gasteiger partial charge in [-0.1, -0.05) is 0 Å². The lowest BCUT2D eigenvalue weighted by atomic mass is 10.1. The van der Waals surface area contributed by atoms with Crippen molar-refractivity contribution in [2.45, 2.75) is 26.4 Å². The topological polar surface area (TPSA) is 33.1 Å². The van der Waals surface area contributed by atoms with E-state index in [2.05, 4.69) is 4.98 Å². The largest absolute Gasteiger partial charge is 0.384 e. The lowest BCUT2D eigenvalue weighted by Crippen LogP contribution is -2.15. The summed E-state index contributed by atoms with van der Waals surface area (Å²) in [6.45, 7) is 5.41. The SMILES string of the molecule is Cc1nc(C(C)(C)O)cs1. The van der Waals surface area contributed by atoms with E-state index in [1.807, 2.05) is 12.3 Å². The molecular formula is C7H11NOS. The molecule has 3 heteroatoms. The minimum Gasteiger partial charge on any atom is -0.384 e. The highest BCUT2D eigenvalue weighted by molar-refractivity contribution is 7.09. The molecule has 0 unspecified atom stereocenters. The average molecular weight is 157 g/mol. The normalized spacial score (nSPS) is 12.0. The first-order valence-corrected chi connectivity index (χ1v) is 4.03. The van der Waals surface area contributed by atoms with Crippen LogP contribution >= 0.6 is 11.3 Å². The Labute approximate surface area is 64.5 Å². The fourth-order valence-corrected chi connectivity index (χ4v) is 1.42. The van der Waals surface area contributed by atoms with Gasteiger partial charge in [-0.2, -0.15) is 0 Å². The van der Waals surface area contributed by atoms with Gasteiger partial charge in [-0.05, 0) is 20.8 Å². The van der Waals surface area contributed by atoms with Gasteiger partial charge in [-0.25, -0.2) is 4.98 Å². The molecule has 1 aromatic heterocycles. The maximum absolute atomic E-state index is 9.45. The van der Waals surface area contributed by atoms with Gasteiger partial charge in [0.15, 0.2) is 0 Å². The van der Waals surface area contributed by atoms with Gasteiger partial charge in [0.25, 0.3) is 0 Å². The number of rotatable bonds is 1. The molecule has 1 rings (SSSR count). The molecule has 0 amide bonds. The molecule has 0 atom stereocenters. The monoisotopic (exact) mass is 157 g/mol. The van der Waals surface area contributed by atoms with Crippen LogP contribution < -0.4 is 0 Å². The van der Waals surface area contributed by atoms with Crippen molar-refractivity contribution in [3.63, 3.8) is 0 Å². The van der Waals surface area contributed by atoms with Crippen LogP contribution in [0, 0.1) is 6.92 Å². The van der Waals surface area contributed by atoms with E-state index >= 15 is 0 Å². The van der Waals surface area contributed by atoms with Gasteiger partial charge < -0.3 is 5.11 Å². The highest BCUT2D eigenvalue weighted by atomic mass is 32.1. The zero-order chi connectivity index (χ0) is 7.78. The molecule has 10 heavy (non-hydrogen) atoms. The first kappa shape index (κ1) is 7.69. The number of hydrogen-bond donors (Lipinski definition) is 1. The Morgan fingerprint density at radius 2 is 2.20 bits per heavy atom. The fraction of sp³-hybridized carbons (Fsp3) is 0.571. The fourth-order valence-electron chi connectivity index (χ4n) is 0.644. The molecule has 0 saturated carbocycles. The number of aromatic nitrogens is 1.